The topological polar surface area (TPSA) is 61.4 Å². The predicted molar refractivity (Wildman–Crippen MR) is 85.8 cm³/mol. The van der Waals surface area contributed by atoms with Gasteiger partial charge in [0.05, 0.1) is 6.42 Å². The lowest BCUT2D eigenvalue weighted by atomic mass is 9.96. The van der Waals surface area contributed by atoms with E-state index in [0.29, 0.717) is 0 Å². The van der Waals surface area contributed by atoms with Gasteiger partial charge in [-0.15, -0.1) is 0 Å². The summed E-state index contributed by atoms with van der Waals surface area (Å²) in [7, 11) is 0. The smallest absolute Gasteiger partial charge is 0.393 e. The van der Waals surface area contributed by atoms with Crippen molar-refractivity contribution in [1.29, 1.82) is 0 Å². The van der Waals surface area contributed by atoms with Crippen LogP contribution in [-0.2, 0) is 6.42 Å². The highest BCUT2D eigenvalue weighted by Crippen LogP contribution is 2.26. The number of carbonyl (C=O) groups excluding carboxylic acids is 1. The van der Waals surface area contributed by atoms with Crippen molar-refractivity contribution in [3.05, 3.63) is 29.8 Å². The van der Waals surface area contributed by atoms with Crippen molar-refractivity contribution >= 4 is 11.7 Å². The normalized spacial score (nSPS) is 21.8. The summed E-state index contributed by atoms with van der Waals surface area (Å²) in [5.41, 5.74) is 0.182. The standard InChI is InChI=1S/C17H23F3N2O2/c18-17(19,20)10-12-6-4-5-9-14(12)21-16(24)22-15-8-3-1-2-7-13(15)11-23/h4-6,9,13,15,23H,1-3,7-8,10-11H2,(H2,21,22,24). The van der Waals surface area contributed by atoms with Crippen molar-refractivity contribution in [3.63, 3.8) is 0 Å². The summed E-state index contributed by atoms with van der Waals surface area (Å²) in [4.78, 5) is 12.2. The molecule has 2 amide bonds. The van der Waals surface area contributed by atoms with Crippen LogP contribution in [0.4, 0.5) is 23.7 Å². The number of carbonyl (C=O) groups is 1. The lowest BCUT2D eigenvalue weighted by Crippen LogP contribution is -2.43. The summed E-state index contributed by atoms with van der Waals surface area (Å²) in [6, 6.07) is 5.21. The number of alkyl halides is 3. The second-order valence-electron chi connectivity index (χ2n) is 6.23. The van der Waals surface area contributed by atoms with Gasteiger partial charge in [0.1, 0.15) is 0 Å². The van der Waals surface area contributed by atoms with Gasteiger partial charge in [0.15, 0.2) is 0 Å². The number of aliphatic hydroxyl groups is 1. The van der Waals surface area contributed by atoms with E-state index in [1.54, 1.807) is 6.07 Å². The second-order valence-corrected chi connectivity index (χ2v) is 6.23. The van der Waals surface area contributed by atoms with Crippen LogP contribution in [-0.4, -0.2) is 30.0 Å². The molecule has 24 heavy (non-hydrogen) atoms. The first-order valence-electron chi connectivity index (χ1n) is 8.22. The molecule has 3 N–H and O–H groups in total. The molecule has 1 aromatic rings. The number of amides is 2. The number of para-hydroxylation sites is 1. The summed E-state index contributed by atoms with van der Waals surface area (Å²) < 4.78 is 37.9. The van der Waals surface area contributed by atoms with Crippen LogP contribution >= 0.6 is 0 Å². The lowest BCUT2D eigenvalue weighted by Gasteiger charge is -2.25. The average molecular weight is 344 g/mol. The maximum atomic E-state index is 12.6. The third-order valence-electron chi connectivity index (χ3n) is 4.37. The molecule has 2 unspecified atom stereocenters. The first kappa shape index (κ1) is 18.6. The Hall–Kier alpha value is -1.76. The fraction of sp³-hybridized carbons (Fsp3) is 0.588. The Morgan fingerprint density at radius 1 is 1.17 bits per heavy atom. The van der Waals surface area contributed by atoms with E-state index in [4.69, 9.17) is 0 Å². The van der Waals surface area contributed by atoms with E-state index in [9.17, 15) is 23.1 Å². The van der Waals surface area contributed by atoms with Crippen molar-refractivity contribution in [1.82, 2.24) is 5.32 Å². The van der Waals surface area contributed by atoms with Crippen LogP contribution in [0.25, 0.3) is 0 Å². The van der Waals surface area contributed by atoms with Crippen LogP contribution in [0.2, 0.25) is 0 Å². The number of aliphatic hydroxyl groups excluding tert-OH is 1. The molecule has 0 aromatic heterocycles. The van der Waals surface area contributed by atoms with Crippen molar-refractivity contribution in [2.45, 2.75) is 50.7 Å². The number of urea groups is 1. The quantitative estimate of drug-likeness (QED) is 0.727. The van der Waals surface area contributed by atoms with Gasteiger partial charge in [-0.2, -0.15) is 13.2 Å². The molecule has 0 saturated heterocycles. The van der Waals surface area contributed by atoms with Crippen LogP contribution in [0, 0.1) is 5.92 Å². The van der Waals surface area contributed by atoms with Gasteiger partial charge >= 0.3 is 12.2 Å². The van der Waals surface area contributed by atoms with Crippen LogP contribution in [0.1, 0.15) is 37.7 Å². The summed E-state index contributed by atoms with van der Waals surface area (Å²) in [6.07, 6.45) is -0.783. The molecule has 7 heteroatoms. The Morgan fingerprint density at radius 2 is 1.88 bits per heavy atom. The van der Waals surface area contributed by atoms with E-state index in [-0.39, 0.29) is 29.8 Å². The molecule has 1 aliphatic rings. The molecular weight excluding hydrogens is 321 g/mol. The van der Waals surface area contributed by atoms with Crippen LogP contribution in [0.3, 0.4) is 0 Å². The predicted octanol–water partition coefficient (Wildman–Crippen LogP) is 3.85. The number of nitrogens with one attached hydrogen (secondary N) is 2. The monoisotopic (exact) mass is 344 g/mol. The number of anilines is 1. The maximum absolute atomic E-state index is 12.6. The summed E-state index contributed by atoms with van der Waals surface area (Å²) in [5.74, 6) is -0.0105. The van der Waals surface area contributed by atoms with Gasteiger partial charge in [-0.3, -0.25) is 0 Å². The highest BCUT2D eigenvalue weighted by atomic mass is 19.4. The minimum Gasteiger partial charge on any atom is -0.396 e. The molecule has 0 heterocycles. The van der Waals surface area contributed by atoms with E-state index in [2.05, 4.69) is 10.6 Å². The van der Waals surface area contributed by atoms with Crippen molar-refractivity contribution in [3.8, 4) is 0 Å². The molecule has 4 nitrogen and oxygen atoms in total. The summed E-state index contributed by atoms with van der Waals surface area (Å²) in [6.45, 7) is -0.00436. The number of hydrogen-bond donors (Lipinski definition) is 3. The minimum absolute atomic E-state index is 0.00436. The highest BCUT2D eigenvalue weighted by Gasteiger charge is 2.29. The SMILES string of the molecule is O=C(Nc1ccccc1CC(F)(F)F)NC1CCCCCC1CO. The van der Waals surface area contributed by atoms with E-state index in [1.165, 1.54) is 18.2 Å². The fourth-order valence-corrected chi connectivity index (χ4v) is 3.13. The van der Waals surface area contributed by atoms with Gasteiger partial charge in [-0.25, -0.2) is 4.79 Å². The van der Waals surface area contributed by atoms with Gasteiger partial charge in [-0.05, 0) is 24.5 Å². The van der Waals surface area contributed by atoms with E-state index in [0.717, 1.165) is 32.1 Å². The van der Waals surface area contributed by atoms with Gasteiger partial charge in [-0.1, -0.05) is 37.5 Å². The zero-order valence-corrected chi connectivity index (χ0v) is 13.4. The maximum Gasteiger partial charge on any atom is 0.393 e. The molecule has 1 aromatic carbocycles. The summed E-state index contributed by atoms with van der Waals surface area (Å²) in [5, 5.41) is 14.8. The highest BCUT2D eigenvalue weighted by molar-refractivity contribution is 5.90. The van der Waals surface area contributed by atoms with Crippen LogP contribution in [0.5, 0.6) is 0 Å². The lowest BCUT2D eigenvalue weighted by molar-refractivity contribution is -0.127. The molecule has 134 valence electrons. The second kappa shape index (κ2) is 8.37. The van der Waals surface area contributed by atoms with Crippen molar-refractivity contribution in [2.75, 3.05) is 11.9 Å². The Morgan fingerprint density at radius 3 is 2.58 bits per heavy atom. The first-order chi connectivity index (χ1) is 11.4. The molecule has 1 fully saturated rings. The van der Waals surface area contributed by atoms with Gasteiger partial charge in [0.2, 0.25) is 0 Å². The molecule has 0 aliphatic heterocycles. The minimum atomic E-state index is -4.34. The molecule has 2 rings (SSSR count). The van der Waals surface area contributed by atoms with E-state index < -0.39 is 18.6 Å². The zero-order chi connectivity index (χ0) is 17.6. The zero-order valence-electron chi connectivity index (χ0n) is 13.4. The van der Waals surface area contributed by atoms with Gasteiger partial charge in [0.25, 0.3) is 0 Å². The van der Waals surface area contributed by atoms with E-state index in [1.807, 2.05) is 0 Å². The third-order valence-corrected chi connectivity index (χ3v) is 4.37. The molecule has 2 atom stereocenters. The first-order valence-corrected chi connectivity index (χ1v) is 8.22. The van der Waals surface area contributed by atoms with Crippen molar-refractivity contribution in [2.24, 2.45) is 5.92 Å². The van der Waals surface area contributed by atoms with Crippen LogP contribution < -0.4 is 10.6 Å². The Bertz CT molecular complexity index is 549. The van der Waals surface area contributed by atoms with Gasteiger partial charge in [0, 0.05) is 24.3 Å². The number of halogens is 3. The fourth-order valence-electron chi connectivity index (χ4n) is 3.13. The molecule has 0 spiro atoms. The van der Waals surface area contributed by atoms with E-state index >= 15 is 0 Å². The van der Waals surface area contributed by atoms with Crippen molar-refractivity contribution < 1.29 is 23.1 Å². The number of rotatable bonds is 4. The molecule has 0 bridgehead atoms. The average Bonchev–Trinajstić information content (AvgIpc) is 2.72. The Labute approximate surface area is 139 Å². The van der Waals surface area contributed by atoms with Crippen LogP contribution in [0.15, 0.2) is 24.3 Å². The molecule has 1 aliphatic carbocycles. The Kier molecular flexibility index (Phi) is 6.48. The third kappa shape index (κ3) is 5.70. The van der Waals surface area contributed by atoms with Gasteiger partial charge < -0.3 is 15.7 Å². The number of benzene rings is 1. The molecule has 0 radical (unpaired) electrons. The Balaban J connectivity index is 2.01. The largest absolute Gasteiger partial charge is 0.396 e. The molecular formula is C17H23F3N2O2. The number of hydrogen-bond acceptors (Lipinski definition) is 2. The summed E-state index contributed by atoms with van der Waals surface area (Å²) >= 11 is 0. The molecule has 1 saturated carbocycles.